The molecule has 1 aromatic heterocycles. The number of benzene rings is 1. The van der Waals surface area contributed by atoms with E-state index >= 15 is 0 Å². The third kappa shape index (κ3) is 3.72. The number of anilines is 1. The molecule has 2 aromatic rings. The molecule has 0 saturated heterocycles. The summed E-state index contributed by atoms with van der Waals surface area (Å²) in [6, 6.07) is 7.28. The highest BCUT2D eigenvalue weighted by Crippen LogP contribution is 2.13. The number of carbonyl (C=O) groups is 1. The van der Waals surface area contributed by atoms with Gasteiger partial charge in [0.15, 0.2) is 0 Å². The second-order valence-corrected chi connectivity index (χ2v) is 4.20. The Hall–Kier alpha value is -2.54. The number of non-ortho nitro benzene ring substituents is 1. The summed E-state index contributed by atoms with van der Waals surface area (Å²) in [5.74, 6) is 0.00512. The highest BCUT2D eigenvalue weighted by Gasteiger charge is 2.08. The van der Waals surface area contributed by atoms with Crippen molar-refractivity contribution < 1.29 is 9.72 Å². The number of carbonyl (C=O) groups excluding carboxylic acids is 1. The van der Waals surface area contributed by atoms with Gasteiger partial charge in [-0.2, -0.15) is 0 Å². The summed E-state index contributed by atoms with van der Waals surface area (Å²) in [7, 11) is 0. The van der Waals surface area contributed by atoms with E-state index in [9.17, 15) is 14.9 Å². The number of hydrogen-bond donors (Lipinski definition) is 1. The maximum absolute atomic E-state index is 11.8. The Morgan fingerprint density at radius 2 is 2.00 bits per heavy atom. The Balaban J connectivity index is 1.99. The van der Waals surface area contributed by atoms with Crippen molar-refractivity contribution in [3.8, 4) is 0 Å². The number of amides is 1. The molecule has 8 heteroatoms. The standard InChI is InChI=1S/C12H9ClN4O3/c13-12-14-6-5-10(16-12)15-11(18)7-8-1-3-9(4-2-8)17(19)20/h1-6H,7H2,(H,14,15,16,18). The number of halogens is 1. The summed E-state index contributed by atoms with van der Waals surface area (Å²) >= 11 is 5.60. The third-order valence-electron chi connectivity index (χ3n) is 2.41. The molecule has 0 radical (unpaired) electrons. The minimum Gasteiger partial charge on any atom is -0.310 e. The highest BCUT2D eigenvalue weighted by molar-refractivity contribution is 6.28. The van der Waals surface area contributed by atoms with Gasteiger partial charge in [0.2, 0.25) is 11.2 Å². The van der Waals surface area contributed by atoms with E-state index in [1.54, 1.807) is 0 Å². The van der Waals surface area contributed by atoms with Crippen LogP contribution in [0.5, 0.6) is 0 Å². The van der Waals surface area contributed by atoms with Gasteiger partial charge in [0.1, 0.15) is 5.82 Å². The van der Waals surface area contributed by atoms with E-state index in [-0.39, 0.29) is 23.3 Å². The van der Waals surface area contributed by atoms with Gasteiger partial charge in [-0.25, -0.2) is 9.97 Å². The third-order valence-corrected chi connectivity index (χ3v) is 2.59. The lowest BCUT2D eigenvalue weighted by Crippen LogP contribution is -2.15. The number of hydrogen-bond acceptors (Lipinski definition) is 5. The van der Waals surface area contributed by atoms with Gasteiger partial charge in [0.05, 0.1) is 11.3 Å². The van der Waals surface area contributed by atoms with Gasteiger partial charge < -0.3 is 5.32 Å². The predicted molar refractivity (Wildman–Crippen MR) is 72.5 cm³/mol. The van der Waals surface area contributed by atoms with Crippen molar-refractivity contribution in [1.82, 2.24) is 9.97 Å². The summed E-state index contributed by atoms with van der Waals surface area (Å²) in [5.41, 5.74) is 0.644. The number of aromatic nitrogens is 2. The number of nitrogens with zero attached hydrogens (tertiary/aromatic N) is 3. The van der Waals surface area contributed by atoms with Gasteiger partial charge in [-0.3, -0.25) is 14.9 Å². The van der Waals surface area contributed by atoms with Crippen LogP contribution in [0.25, 0.3) is 0 Å². The van der Waals surface area contributed by atoms with Crippen molar-refractivity contribution in [2.45, 2.75) is 6.42 Å². The lowest BCUT2D eigenvalue weighted by Gasteiger charge is -2.04. The zero-order valence-corrected chi connectivity index (χ0v) is 10.9. The molecule has 0 aliphatic heterocycles. The van der Waals surface area contributed by atoms with E-state index in [1.807, 2.05) is 0 Å². The van der Waals surface area contributed by atoms with E-state index < -0.39 is 4.92 Å². The molecule has 0 atom stereocenters. The zero-order valence-electron chi connectivity index (χ0n) is 10.1. The molecule has 0 unspecified atom stereocenters. The van der Waals surface area contributed by atoms with E-state index in [0.29, 0.717) is 11.4 Å². The van der Waals surface area contributed by atoms with Crippen molar-refractivity contribution >= 4 is 29.0 Å². The number of nitro benzene ring substituents is 1. The Bertz CT molecular complexity index is 645. The summed E-state index contributed by atoms with van der Waals surface area (Å²) in [6.45, 7) is 0. The van der Waals surface area contributed by atoms with Crippen LogP contribution in [0.4, 0.5) is 11.5 Å². The molecule has 0 spiro atoms. The second-order valence-electron chi connectivity index (χ2n) is 3.86. The summed E-state index contributed by atoms with van der Waals surface area (Å²) < 4.78 is 0. The van der Waals surface area contributed by atoms with Crippen LogP contribution < -0.4 is 5.32 Å². The van der Waals surface area contributed by atoms with Gasteiger partial charge in [0.25, 0.3) is 5.69 Å². The molecule has 1 aromatic carbocycles. The first-order valence-corrected chi connectivity index (χ1v) is 5.94. The largest absolute Gasteiger partial charge is 0.310 e. The van der Waals surface area contributed by atoms with Crippen molar-refractivity contribution in [3.05, 3.63) is 57.5 Å². The molecule has 1 amide bonds. The smallest absolute Gasteiger partial charge is 0.269 e. The maximum atomic E-state index is 11.8. The average molecular weight is 293 g/mol. The van der Waals surface area contributed by atoms with E-state index in [2.05, 4.69) is 15.3 Å². The predicted octanol–water partition coefficient (Wildman–Crippen LogP) is 2.22. The topological polar surface area (TPSA) is 98.0 Å². The Morgan fingerprint density at radius 1 is 1.30 bits per heavy atom. The molecule has 20 heavy (non-hydrogen) atoms. The molecule has 0 saturated carbocycles. The molecule has 0 aliphatic carbocycles. The number of rotatable bonds is 4. The molecule has 7 nitrogen and oxygen atoms in total. The van der Waals surface area contributed by atoms with E-state index in [1.165, 1.54) is 36.5 Å². The average Bonchev–Trinajstić information content (AvgIpc) is 2.39. The summed E-state index contributed by atoms with van der Waals surface area (Å²) in [5, 5.41) is 13.1. The Kier molecular flexibility index (Phi) is 4.21. The molecule has 0 bridgehead atoms. The Labute approximate surface area is 118 Å². The minimum absolute atomic E-state index is 0.0169. The van der Waals surface area contributed by atoms with Crippen LogP contribution >= 0.6 is 11.6 Å². The molecule has 1 N–H and O–H groups in total. The first-order valence-electron chi connectivity index (χ1n) is 5.56. The van der Waals surface area contributed by atoms with Gasteiger partial charge in [-0.15, -0.1) is 0 Å². The van der Waals surface area contributed by atoms with E-state index in [0.717, 1.165) is 0 Å². The van der Waals surface area contributed by atoms with Crippen molar-refractivity contribution in [2.24, 2.45) is 0 Å². The molecule has 1 heterocycles. The van der Waals surface area contributed by atoms with Crippen LogP contribution in [0.3, 0.4) is 0 Å². The van der Waals surface area contributed by atoms with Crippen LogP contribution in [0.15, 0.2) is 36.5 Å². The SMILES string of the molecule is O=C(Cc1ccc([N+](=O)[O-])cc1)Nc1ccnc(Cl)n1. The first kappa shape index (κ1) is 13.9. The molecule has 0 aliphatic rings. The fourth-order valence-corrected chi connectivity index (χ4v) is 1.66. The number of nitro groups is 1. The number of nitrogens with one attached hydrogen (secondary N) is 1. The van der Waals surface area contributed by atoms with Crippen LogP contribution in [-0.2, 0) is 11.2 Å². The van der Waals surface area contributed by atoms with Crippen LogP contribution in [0.1, 0.15) is 5.56 Å². The second kappa shape index (κ2) is 6.07. The van der Waals surface area contributed by atoms with Crippen molar-refractivity contribution in [3.63, 3.8) is 0 Å². The Morgan fingerprint density at radius 3 is 2.60 bits per heavy atom. The molecular formula is C12H9ClN4O3. The summed E-state index contributed by atoms with van der Waals surface area (Å²) in [6.07, 6.45) is 1.51. The fourth-order valence-electron chi connectivity index (χ4n) is 1.51. The van der Waals surface area contributed by atoms with Gasteiger partial charge in [0, 0.05) is 18.3 Å². The molecule has 2 rings (SSSR count). The van der Waals surface area contributed by atoms with Crippen LogP contribution in [-0.4, -0.2) is 20.8 Å². The van der Waals surface area contributed by atoms with Crippen LogP contribution in [0.2, 0.25) is 5.28 Å². The highest BCUT2D eigenvalue weighted by atomic mass is 35.5. The van der Waals surface area contributed by atoms with Crippen molar-refractivity contribution in [2.75, 3.05) is 5.32 Å². The van der Waals surface area contributed by atoms with E-state index in [4.69, 9.17) is 11.6 Å². The minimum atomic E-state index is -0.493. The summed E-state index contributed by atoms with van der Waals surface area (Å²) in [4.78, 5) is 29.3. The maximum Gasteiger partial charge on any atom is 0.269 e. The lowest BCUT2D eigenvalue weighted by molar-refractivity contribution is -0.384. The monoisotopic (exact) mass is 292 g/mol. The van der Waals surface area contributed by atoms with Gasteiger partial charge in [-0.05, 0) is 23.2 Å². The molecule has 0 fully saturated rings. The normalized spacial score (nSPS) is 10.1. The molecule has 102 valence electrons. The van der Waals surface area contributed by atoms with Gasteiger partial charge in [-0.1, -0.05) is 12.1 Å². The van der Waals surface area contributed by atoms with Gasteiger partial charge >= 0.3 is 0 Å². The quantitative estimate of drug-likeness (QED) is 0.529. The molecular weight excluding hydrogens is 284 g/mol. The zero-order chi connectivity index (χ0) is 14.5. The first-order chi connectivity index (χ1) is 9.54. The van der Waals surface area contributed by atoms with Crippen molar-refractivity contribution in [1.29, 1.82) is 0 Å². The van der Waals surface area contributed by atoms with Crippen LogP contribution in [0, 0.1) is 10.1 Å². The fraction of sp³-hybridized carbons (Fsp3) is 0.0833. The lowest BCUT2D eigenvalue weighted by atomic mass is 10.1.